The van der Waals surface area contributed by atoms with Crippen molar-refractivity contribution >= 4 is 49.7 Å². The minimum Gasteiger partial charge on any atom is -0.483 e. The van der Waals surface area contributed by atoms with E-state index in [2.05, 4.69) is 94.0 Å². The van der Waals surface area contributed by atoms with Gasteiger partial charge < -0.3 is 9.64 Å². The van der Waals surface area contributed by atoms with E-state index in [0.29, 0.717) is 11.7 Å². The molecule has 31 heavy (non-hydrogen) atoms. The van der Waals surface area contributed by atoms with Crippen LogP contribution in [-0.2, 0) is 4.79 Å². The number of nitrogens with zero attached hydrogens (tertiary/aromatic N) is 2. The molecule has 0 aliphatic carbocycles. The van der Waals surface area contributed by atoms with E-state index in [-0.39, 0.29) is 18.1 Å². The first kappa shape index (κ1) is 23.8. The maximum atomic E-state index is 12.1. The molecule has 1 aliphatic heterocycles. The number of amides is 1. The van der Waals surface area contributed by atoms with Crippen LogP contribution in [0, 0.1) is 6.92 Å². The average molecular weight is 551 g/mol. The van der Waals surface area contributed by atoms with Gasteiger partial charge in [0.05, 0.1) is 10.7 Å². The highest BCUT2D eigenvalue weighted by Gasteiger charge is 2.35. The van der Waals surface area contributed by atoms with Crippen LogP contribution in [0.5, 0.6) is 5.75 Å². The van der Waals surface area contributed by atoms with Gasteiger partial charge in [0.2, 0.25) is 0 Å². The van der Waals surface area contributed by atoms with Crippen LogP contribution in [0.4, 0.5) is 5.69 Å². The second-order valence-electron chi connectivity index (χ2n) is 8.59. The third-order valence-corrected chi connectivity index (χ3v) is 6.85. The third kappa shape index (κ3) is 5.50. The van der Waals surface area contributed by atoms with Crippen molar-refractivity contribution in [3.63, 3.8) is 0 Å². The molecule has 1 amide bonds. The quantitative estimate of drug-likeness (QED) is 0.346. The zero-order valence-corrected chi connectivity index (χ0v) is 21.8. The Morgan fingerprint density at radius 3 is 2.74 bits per heavy atom. The number of ether oxygens (including phenoxy) is 1. The van der Waals surface area contributed by atoms with Gasteiger partial charge in [-0.1, -0.05) is 22.9 Å². The van der Waals surface area contributed by atoms with Gasteiger partial charge in [0, 0.05) is 22.2 Å². The number of hydrogen-bond donors (Lipinski definition) is 1. The Balaban J connectivity index is 1.67. The van der Waals surface area contributed by atoms with Crippen LogP contribution in [0.15, 0.2) is 44.4 Å². The van der Waals surface area contributed by atoms with Gasteiger partial charge in [0.15, 0.2) is 6.61 Å². The summed E-state index contributed by atoms with van der Waals surface area (Å²) in [4.78, 5) is 14.6. The summed E-state index contributed by atoms with van der Waals surface area (Å²) in [6.07, 6.45) is 2.82. The fourth-order valence-electron chi connectivity index (χ4n) is 4.33. The molecule has 0 radical (unpaired) electrons. The van der Waals surface area contributed by atoms with E-state index >= 15 is 0 Å². The third-order valence-electron chi connectivity index (χ3n) is 5.74. The Bertz CT molecular complexity index is 1000. The van der Waals surface area contributed by atoms with Crippen molar-refractivity contribution in [1.82, 2.24) is 5.43 Å². The summed E-state index contributed by atoms with van der Waals surface area (Å²) in [5, 5.41) is 4.16. The molecular formula is C24H29Br2N3O2. The average Bonchev–Trinajstić information content (AvgIpc) is 2.68. The Morgan fingerprint density at radius 2 is 2.06 bits per heavy atom. The van der Waals surface area contributed by atoms with Crippen molar-refractivity contribution in [2.45, 2.75) is 52.5 Å². The number of carbonyl (C=O) groups is 1. The van der Waals surface area contributed by atoms with Crippen molar-refractivity contribution in [2.24, 2.45) is 5.10 Å². The molecule has 0 spiro atoms. The molecule has 2 aromatic rings. The fourth-order valence-corrected chi connectivity index (χ4v) is 5.49. The second kappa shape index (κ2) is 9.74. The molecule has 7 heteroatoms. The smallest absolute Gasteiger partial charge is 0.277 e. The molecule has 2 aromatic carbocycles. The maximum absolute atomic E-state index is 12.1. The van der Waals surface area contributed by atoms with Crippen LogP contribution in [0.3, 0.4) is 0 Å². The number of halogens is 2. The number of aryl methyl sites for hydroxylation is 1. The van der Waals surface area contributed by atoms with Crippen molar-refractivity contribution in [1.29, 1.82) is 0 Å². The van der Waals surface area contributed by atoms with E-state index < -0.39 is 0 Å². The van der Waals surface area contributed by atoms with Crippen molar-refractivity contribution in [2.75, 3.05) is 18.1 Å². The van der Waals surface area contributed by atoms with Gasteiger partial charge in [0.25, 0.3) is 5.91 Å². The Morgan fingerprint density at radius 1 is 1.32 bits per heavy atom. The molecule has 166 valence electrons. The molecule has 5 nitrogen and oxygen atoms in total. The molecular weight excluding hydrogens is 522 g/mol. The highest BCUT2D eigenvalue weighted by atomic mass is 79.9. The monoisotopic (exact) mass is 549 g/mol. The molecule has 0 saturated heterocycles. The van der Waals surface area contributed by atoms with E-state index in [0.717, 1.165) is 33.0 Å². The number of nitrogens with one attached hydrogen (secondary N) is 1. The number of hydrogen-bond acceptors (Lipinski definition) is 4. The van der Waals surface area contributed by atoms with Gasteiger partial charge in [-0.05, 0) is 103 Å². The van der Waals surface area contributed by atoms with Crippen LogP contribution in [0.25, 0.3) is 0 Å². The molecule has 0 bridgehead atoms. The highest BCUT2D eigenvalue weighted by Crippen LogP contribution is 2.44. The zero-order valence-electron chi connectivity index (χ0n) is 18.6. The lowest BCUT2D eigenvalue weighted by atomic mass is 9.79. The molecule has 1 unspecified atom stereocenters. The van der Waals surface area contributed by atoms with E-state index in [9.17, 15) is 4.79 Å². The van der Waals surface area contributed by atoms with E-state index in [1.807, 2.05) is 12.1 Å². The van der Waals surface area contributed by atoms with E-state index in [4.69, 9.17) is 4.74 Å². The van der Waals surface area contributed by atoms with Crippen molar-refractivity contribution < 1.29 is 9.53 Å². The topological polar surface area (TPSA) is 53.9 Å². The van der Waals surface area contributed by atoms with Crippen LogP contribution in [0.2, 0.25) is 0 Å². The van der Waals surface area contributed by atoms with Gasteiger partial charge in [-0.2, -0.15) is 5.10 Å². The molecule has 1 aliphatic rings. The summed E-state index contributed by atoms with van der Waals surface area (Å²) in [5.41, 5.74) is 7.48. The lowest BCUT2D eigenvalue weighted by Gasteiger charge is -2.47. The maximum Gasteiger partial charge on any atom is 0.277 e. The largest absolute Gasteiger partial charge is 0.483 e. The summed E-state index contributed by atoms with van der Waals surface area (Å²) in [5.74, 6) is 0.757. The molecule has 0 aromatic heterocycles. The Hall–Kier alpha value is -1.86. The van der Waals surface area contributed by atoms with Gasteiger partial charge in [-0.3, -0.25) is 4.79 Å². The molecule has 1 N–H and O–H groups in total. The predicted molar refractivity (Wildman–Crippen MR) is 134 cm³/mol. The molecule has 3 rings (SSSR count). The normalized spacial score (nSPS) is 17.5. The van der Waals surface area contributed by atoms with Crippen LogP contribution >= 0.6 is 31.9 Å². The van der Waals surface area contributed by atoms with Gasteiger partial charge in [-0.15, -0.1) is 0 Å². The van der Waals surface area contributed by atoms with Crippen molar-refractivity contribution in [3.05, 3.63) is 56.0 Å². The summed E-state index contributed by atoms with van der Waals surface area (Å²) in [6.45, 7) is 12.1. The summed E-state index contributed by atoms with van der Waals surface area (Å²) in [7, 11) is 0. The van der Waals surface area contributed by atoms with Gasteiger partial charge in [-0.25, -0.2) is 5.43 Å². The Labute approximate surface area is 201 Å². The summed E-state index contributed by atoms with van der Waals surface area (Å²) in [6, 6.07) is 9.97. The van der Waals surface area contributed by atoms with Gasteiger partial charge in [0.1, 0.15) is 5.75 Å². The standard InChI is InChI=1S/C24H29Br2N3O2/c1-6-29-21-9-15(2)17(10-19(21)16(3)12-24(29,4)5)13-27-28-23(30)14-31-22-8-7-18(25)11-20(22)26/h7-11,13,16H,6,12,14H2,1-5H3,(H,28,30)/b27-13+. The number of carbonyl (C=O) groups excluding carboxylic acids is 1. The molecule has 0 fully saturated rings. The lowest BCUT2D eigenvalue weighted by Crippen LogP contribution is -2.48. The zero-order chi connectivity index (χ0) is 22.8. The minimum absolute atomic E-state index is 0.113. The number of benzene rings is 2. The summed E-state index contributed by atoms with van der Waals surface area (Å²) >= 11 is 6.81. The minimum atomic E-state index is -0.311. The van der Waals surface area contributed by atoms with Crippen LogP contribution in [0.1, 0.15) is 56.7 Å². The van der Waals surface area contributed by atoms with E-state index in [1.54, 1.807) is 12.3 Å². The second-order valence-corrected chi connectivity index (χ2v) is 10.4. The number of anilines is 1. The van der Waals surface area contributed by atoms with E-state index in [1.165, 1.54) is 11.3 Å². The van der Waals surface area contributed by atoms with Crippen molar-refractivity contribution in [3.8, 4) is 5.75 Å². The number of rotatable bonds is 6. The fraction of sp³-hybridized carbons (Fsp3) is 0.417. The first-order valence-electron chi connectivity index (χ1n) is 10.4. The predicted octanol–water partition coefficient (Wildman–Crippen LogP) is 6.16. The first-order chi connectivity index (χ1) is 14.6. The van der Waals surface area contributed by atoms with Gasteiger partial charge >= 0.3 is 0 Å². The molecule has 0 saturated carbocycles. The van der Waals surface area contributed by atoms with Crippen LogP contribution in [-0.4, -0.2) is 30.8 Å². The Kier molecular flexibility index (Phi) is 7.47. The molecule has 1 atom stereocenters. The molecule has 1 heterocycles. The highest BCUT2D eigenvalue weighted by molar-refractivity contribution is 9.11. The first-order valence-corrected chi connectivity index (χ1v) is 12.0. The number of hydrazone groups is 1. The summed E-state index contributed by atoms with van der Waals surface area (Å²) < 4.78 is 7.26. The SMILES string of the molecule is CCN1c2cc(C)c(/C=N/NC(=O)COc3ccc(Br)cc3Br)cc2C(C)CC1(C)C. The van der Waals surface area contributed by atoms with Crippen LogP contribution < -0.4 is 15.1 Å². The number of fused-ring (bicyclic) bond motifs is 1. The lowest BCUT2D eigenvalue weighted by molar-refractivity contribution is -0.123.